The van der Waals surface area contributed by atoms with Gasteiger partial charge in [0.05, 0.1) is 6.61 Å². The fourth-order valence-corrected chi connectivity index (χ4v) is 3.93. The third kappa shape index (κ3) is 8.41. The number of benzene rings is 1. The van der Waals surface area contributed by atoms with Crippen LogP contribution in [0.15, 0.2) is 36.7 Å². The Kier molecular flexibility index (Phi) is 9.43. The lowest BCUT2D eigenvalue weighted by molar-refractivity contribution is -0.118. The summed E-state index contributed by atoms with van der Waals surface area (Å²) < 4.78 is 8.23. The SMILES string of the molecule is CC(C)(C)[Si](C)(C)OCc1nccn1-c1ccc(NC(=O)[C@H](CCCNC(N)=O)NC(=O)O)cc1. The average Bonchev–Trinajstić information content (AvgIpc) is 3.22. The highest BCUT2D eigenvalue weighted by molar-refractivity contribution is 6.74. The highest BCUT2D eigenvalue weighted by Gasteiger charge is 2.37. The summed E-state index contributed by atoms with van der Waals surface area (Å²) >= 11 is 0. The molecule has 35 heavy (non-hydrogen) atoms. The Balaban J connectivity index is 2.04. The molecule has 2 aromatic rings. The number of nitrogens with two attached hydrogens (primary N) is 1. The third-order valence-corrected chi connectivity index (χ3v) is 10.6. The lowest BCUT2D eigenvalue weighted by Gasteiger charge is -2.36. The summed E-state index contributed by atoms with van der Waals surface area (Å²) in [4.78, 5) is 38.9. The molecule has 0 spiro atoms. The topological polar surface area (TPSA) is 161 Å². The van der Waals surface area contributed by atoms with Gasteiger partial charge >= 0.3 is 12.1 Å². The zero-order valence-corrected chi connectivity index (χ0v) is 21.9. The minimum Gasteiger partial charge on any atom is -0.465 e. The number of urea groups is 1. The van der Waals surface area contributed by atoms with Gasteiger partial charge in [-0.25, -0.2) is 14.6 Å². The summed E-state index contributed by atoms with van der Waals surface area (Å²) in [6.07, 6.45) is 2.83. The molecule has 0 fully saturated rings. The van der Waals surface area contributed by atoms with E-state index in [0.717, 1.165) is 11.5 Å². The Bertz CT molecular complexity index is 1020. The first-order valence-corrected chi connectivity index (χ1v) is 14.3. The number of aromatic nitrogens is 2. The standard InChI is InChI=1S/C23H36N6O5Si/c1-23(2,3)35(4,5)34-15-19-25-13-14-29(19)17-10-8-16(9-11-17)27-20(30)18(28-22(32)33)7-6-12-26-21(24)31/h8-11,13-14,18,28H,6-7,12,15H2,1-5H3,(H,27,30)(H,32,33)(H3,24,26,31)/t18-/m0/s1. The van der Waals surface area contributed by atoms with E-state index in [1.54, 1.807) is 18.3 Å². The van der Waals surface area contributed by atoms with E-state index >= 15 is 0 Å². The number of nitrogens with one attached hydrogen (secondary N) is 3. The van der Waals surface area contributed by atoms with Crippen LogP contribution < -0.4 is 21.7 Å². The number of carboxylic acid groups (broad SMARTS) is 1. The summed E-state index contributed by atoms with van der Waals surface area (Å²) in [6, 6.07) is 5.49. The molecule has 2 rings (SSSR count). The van der Waals surface area contributed by atoms with Crippen molar-refractivity contribution >= 4 is 32.0 Å². The van der Waals surface area contributed by atoms with Gasteiger partial charge in [-0.05, 0) is 55.2 Å². The van der Waals surface area contributed by atoms with Crippen molar-refractivity contribution in [3.05, 3.63) is 42.5 Å². The van der Waals surface area contributed by atoms with E-state index in [4.69, 9.17) is 15.3 Å². The zero-order valence-electron chi connectivity index (χ0n) is 20.9. The number of hydrogen-bond donors (Lipinski definition) is 5. The van der Waals surface area contributed by atoms with Crippen molar-refractivity contribution in [3.63, 3.8) is 0 Å². The molecule has 0 unspecified atom stereocenters. The molecule has 0 aliphatic heterocycles. The van der Waals surface area contributed by atoms with Crippen molar-refractivity contribution in [1.29, 1.82) is 0 Å². The fourth-order valence-electron chi connectivity index (χ4n) is 3.01. The van der Waals surface area contributed by atoms with Crippen molar-refractivity contribution in [2.75, 3.05) is 11.9 Å². The molecule has 192 valence electrons. The molecule has 6 N–H and O–H groups in total. The first-order chi connectivity index (χ1) is 16.3. The molecule has 4 amide bonds. The summed E-state index contributed by atoms with van der Waals surface area (Å²) in [5, 5.41) is 16.5. The summed E-state index contributed by atoms with van der Waals surface area (Å²) in [5.41, 5.74) is 6.38. The fraction of sp³-hybridized carbons (Fsp3) is 0.478. The number of carbonyl (C=O) groups excluding carboxylic acids is 2. The van der Waals surface area contributed by atoms with Crippen LogP contribution in [0.2, 0.25) is 18.1 Å². The van der Waals surface area contributed by atoms with Crippen molar-refractivity contribution in [2.24, 2.45) is 5.73 Å². The van der Waals surface area contributed by atoms with Crippen LogP contribution in [-0.4, -0.2) is 53.6 Å². The van der Waals surface area contributed by atoms with Crippen molar-refractivity contribution in [2.45, 2.75) is 64.4 Å². The van der Waals surface area contributed by atoms with E-state index in [9.17, 15) is 14.4 Å². The molecular weight excluding hydrogens is 468 g/mol. The summed E-state index contributed by atoms with van der Waals surface area (Å²) in [7, 11) is -1.93. The quantitative estimate of drug-likeness (QED) is 0.233. The lowest BCUT2D eigenvalue weighted by Crippen LogP contribution is -2.43. The number of nitrogens with zero attached hydrogens (tertiary/aromatic N) is 2. The maximum atomic E-state index is 12.6. The number of rotatable bonds is 11. The van der Waals surface area contributed by atoms with Gasteiger partial charge in [0.15, 0.2) is 8.32 Å². The van der Waals surface area contributed by atoms with E-state index in [2.05, 4.69) is 54.8 Å². The molecule has 1 heterocycles. The Hall–Kier alpha value is -3.38. The summed E-state index contributed by atoms with van der Waals surface area (Å²) in [6.45, 7) is 11.6. The van der Waals surface area contributed by atoms with Crippen molar-refractivity contribution in [1.82, 2.24) is 20.2 Å². The molecule has 0 saturated carbocycles. The molecular formula is C23H36N6O5Si. The molecule has 11 nitrogen and oxygen atoms in total. The first kappa shape index (κ1) is 27.9. The second-order valence-electron chi connectivity index (χ2n) is 9.73. The largest absolute Gasteiger partial charge is 0.465 e. The molecule has 0 aliphatic rings. The van der Waals surface area contributed by atoms with E-state index in [1.807, 2.05) is 22.9 Å². The van der Waals surface area contributed by atoms with E-state index in [0.29, 0.717) is 18.7 Å². The van der Waals surface area contributed by atoms with E-state index in [1.165, 1.54) is 0 Å². The van der Waals surface area contributed by atoms with Crippen LogP contribution in [0.5, 0.6) is 0 Å². The molecule has 12 heteroatoms. The number of amides is 4. The molecule has 1 aromatic carbocycles. The van der Waals surface area contributed by atoms with E-state index < -0.39 is 32.4 Å². The Morgan fingerprint density at radius 1 is 1.20 bits per heavy atom. The minimum atomic E-state index is -1.93. The van der Waals surface area contributed by atoms with Crippen LogP contribution in [0.4, 0.5) is 15.3 Å². The van der Waals surface area contributed by atoms with Gasteiger partial charge < -0.3 is 35.8 Å². The van der Waals surface area contributed by atoms with Gasteiger partial charge in [0.1, 0.15) is 11.9 Å². The molecule has 0 bridgehead atoms. The van der Waals surface area contributed by atoms with Gasteiger partial charge in [0.2, 0.25) is 5.91 Å². The van der Waals surface area contributed by atoms with Gasteiger partial charge in [-0.1, -0.05) is 20.8 Å². The van der Waals surface area contributed by atoms with Crippen LogP contribution in [0.25, 0.3) is 5.69 Å². The normalized spacial score (nSPS) is 12.6. The smallest absolute Gasteiger partial charge is 0.405 e. The van der Waals surface area contributed by atoms with Crippen molar-refractivity contribution < 1.29 is 23.9 Å². The molecule has 0 radical (unpaired) electrons. The monoisotopic (exact) mass is 504 g/mol. The number of primary amides is 1. The zero-order chi connectivity index (χ0) is 26.2. The molecule has 0 aliphatic carbocycles. The Labute approximate surface area is 206 Å². The number of imidazole rings is 1. The minimum absolute atomic E-state index is 0.0932. The van der Waals surface area contributed by atoms with Crippen molar-refractivity contribution in [3.8, 4) is 5.69 Å². The van der Waals surface area contributed by atoms with Crippen LogP contribution in [0, 0.1) is 0 Å². The molecule has 0 saturated heterocycles. The second-order valence-corrected chi connectivity index (χ2v) is 14.5. The maximum Gasteiger partial charge on any atom is 0.405 e. The van der Waals surface area contributed by atoms with Gasteiger partial charge in [0, 0.05) is 30.3 Å². The summed E-state index contributed by atoms with van der Waals surface area (Å²) in [5.74, 6) is 0.284. The Morgan fingerprint density at radius 3 is 2.43 bits per heavy atom. The predicted molar refractivity (Wildman–Crippen MR) is 136 cm³/mol. The molecule has 1 atom stereocenters. The number of carbonyl (C=O) groups is 3. The highest BCUT2D eigenvalue weighted by atomic mass is 28.4. The maximum absolute atomic E-state index is 12.6. The highest BCUT2D eigenvalue weighted by Crippen LogP contribution is 2.37. The van der Waals surface area contributed by atoms with Crippen LogP contribution in [-0.2, 0) is 15.8 Å². The van der Waals surface area contributed by atoms with Crippen LogP contribution in [0.3, 0.4) is 0 Å². The number of anilines is 1. The molecule has 1 aromatic heterocycles. The average molecular weight is 505 g/mol. The Morgan fingerprint density at radius 2 is 1.86 bits per heavy atom. The lowest BCUT2D eigenvalue weighted by atomic mass is 10.1. The van der Waals surface area contributed by atoms with Crippen LogP contribution >= 0.6 is 0 Å². The van der Waals surface area contributed by atoms with Gasteiger partial charge in [-0.2, -0.15) is 0 Å². The van der Waals surface area contributed by atoms with Gasteiger partial charge in [-0.3, -0.25) is 4.79 Å². The second kappa shape index (κ2) is 11.8. The van der Waals surface area contributed by atoms with Gasteiger partial charge in [0.25, 0.3) is 0 Å². The van der Waals surface area contributed by atoms with Crippen LogP contribution in [0.1, 0.15) is 39.4 Å². The predicted octanol–water partition coefficient (Wildman–Crippen LogP) is 3.42. The van der Waals surface area contributed by atoms with E-state index in [-0.39, 0.29) is 18.0 Å². The third-order valence-electron chi connectivity index (χ3n) is 6.08. The first-order valence-electron chi connectivity index (χ1n) is 11.4. The number of hydrogen-bond acceptors (Lipinski definition) is 5. The van der Waals surface area contributed by atoms with Gasteiger partial charge in [-0.15, -0.1) is 0 Å².